The summed E-state index contributed by atoms with van der Waals surface area (Å²) in [5.74, 6) is -1.39. The quantitative estimate of drug-likeness (QED) is 0.438. The molecule has 2 aliphatic heterocycles. The van der Waals surface area contributed by atoms with Gasteiger partial charge in [0.25, 0.3) is 11.8 Å². The Morgan fingerprint density at radius 1 is 0.879 bits per heavy atom. The fraction of sp³-hybridized carbons (Fsp3) is 0.192. The molecule has 0 spiro atoms. The number of nitrogens with zero attached hydrogens (tertiary/aromatic N) is 2. The van der Waals surface area contributed by atoms with E-state index < -0.39 is 17.8 Å². The molecular weight excluding hydrogens is 438 g/mol. The van der Waals surface area contributed by atoms with Crippen LogP contribution in [0.2, 0.25) is 5.02 Å². The summed E-state index contributed by atoms with van der Waals surface area (Å²) in [4.78, 5) is 41.9. The minimum Gasteiger partial charge on any atom is -0.371 e. The van der Waals surface area contributed by atoms with E-state index in [1.165, 1.54) is 12.8 Å². The highest BCUT2D eigenvalue weighted by Crippen LogP contribution is 2.34. The summed E-state index contributed by atoms with van der Waals surface area (Å²) >= 11 is 6.20. The van der Waals surface area contributed by atoms with E-state index in [0.717, 1.165) is 40.0 Å². The van der Waals surface area contributed by atoms with Crippen LogP contribution in [0.1, 0.15) is 24.0 Å². The lowest BCUT2D eigenvalue weighted by atomic mass is 9.99. The molecule has 2 fully saturated rings. The van der Waals surface area contributed by atoms with Gasteiger partial charge in [0.1, 0.15) is 5.57 Å². The number of fused-ring (bicyclic) bond motifs is 1. The highest BCUT2D eigenvalue weighted by Gasteiger charge is 2.37. The molecule has 2 heterocycles. The third-order valence-corrected chi connectivity index (χ3v) is 6.67. The van der Waals surface area contributed by atoms with Gasteiger partial charge in [-0.3, -0.25) is 14.9 Å². The number of nitrogens with one attached hydrogen (secondary N) is 1. The molecule has 166 valence electrons. The number of imide groups is 2. The average molecular weight is 460 g/mol. The molecule has 3 aromatic carbocycles. The topological polar surface area (TPSA) is 69.7 Å². The van der Waals surface area contributed by atoms with E-state index in [9.17, 15) is 14.4 Å². The average Bonchev–Trinajstić information content (AvgIpc) is 3.34. The van der Waals surface area contributed by atoms with Crippen LogP contribution in [0.3, 0.4) is 0 Å². The monoisotopic (exact) mass is 459 g/mol. The Balaban J connectivity index is 1.60. The van der Waals surface area contributed by atoms with Crippen LogP contribution >= 0.6 is 11.6 Å². The molecule has 3 aromatic rings. The van der Waals surface area contributed by atoms with Gasteiger partial charge in [0.05, 0.1) is 5.69 Å². The third kappa shape index (κ3) is 3.66. The second-order valence-electron chi connectivity index (χ2n) is 8.26. The van der Waals surface area contributed by atoms with Crippen molar-refractivity contribution >= 4 is 57.7 Å². The largest absolute Gasteiger partial charge is 0.371 e. The van der Waals surface area contributed by atoms with Crippen LogP contribution in [0.25, 0.3) is 16.8 Å². The first kappa shape index (κ1) is 21.2. The molecule has 6 nitrogen and oxygen atoms in total. The third-order valence-electron chi connectivity index (χ3n) is 6.26. The molecule has 2 aliphatic rings. The molecule has 0 atom stereocenters. The predicted molar refractivity (Wildman–Crippen MR) is 131 cm³/mol. The Morgan fingerprint density at radius 3 is 2.36 bits per heavy atom. The number of hydrogen-bond donors (Lipinski definition) is 1. The first-order chi connectivity index (χ1) is 16.0. The van der Waals surface area contributed by atoms with E-state index in [2.05, 4.69) is 16.3 Å². The van der Waals surface area contributed by atoms with Crippen LogP contribution < -0.4 is 15.1 Å². The van der Waals surface area contributed by atoms with Gasteiger partial charge in [-0.1, -0.05) is 48.0 Å². The van der Waals surface area contributed by atoms with Crippen molar-refractivity contribution in [3.05, 3.63) is 76.3 Å². The summed E-state index contributed by atoms with van der Waals surface area (Å²) in [5.41, 5.74) is 2.71. The first-order valence-corrected chi connectivity index (χ1v) is 11.3. The smallest absolute Gasteiger partial charge is 0.335 e. The zero-order valence-electron chi connectivity index (χ0n) is 18.1. The maximum absolute atomic E-state index is 13.4. The molecule has 0 aliphatic carbocycles. The Kier molecular flexibility index (Phi) is 5.38. The molecule has 0 bridgehead atoms. The summed E-state index contributed by atoms with van der Waals surface area (Å²) in [6.45, 7) is 3.76. The SMILES string of the molecule is Cc1c(Cl)cccc1N1C(=O)NC(=O)/C(=C\c2ccc(N3CCCC3)c3ccccc23)C1=O. The van der Waals surface area contributed by atoms with Gasteiger partial charge in [0.2, 0.25) is 0 Å². The van der Waals surface area contributed by atoms with Gasteiger partial charge in [0, 0.05) is 29.2 Å². The minimum absolute atomic E-state index is 0.104. The van der Waals surface area contributed by atoms with Crippen molar-refractivity contribution in [1.29, 1.82) is 0 Å². The summed E-state index contributed by atoms with van der Waals surface area (Å²) in [5, 5.41) is 4.72. The fourth-order valence-corrected chi connectivity index (χ4v) is 4.71. The van der Waals surface area contributed by atoms with Crippen molar-refractivity contribution in [2.24, 2.45) is 0 Å². The number of rotatable bonds is 3. The van der Waals surface area contributed by atoms with E-state index >= 15 is 0 Å². The van der Waals surface area contributed by atoms with Crippen molar-refractivity contribution in [3.8, 4) is 0 Å². The predicted octanol–water partition coefficient (Wildman–Crippen LogP) is 5.07. The number of carbonyl (C=O) groups excluding carboxylic acids is 3. The van der Waals surface area contributed by atoms with Gasteiger partial charge in [-0.05, 0) is 60.6 Å². The van der Waals surface area contributed by atoms with E-state index in [-0.39, 0.29) is 5.57 Å². The highest BCUT2D eigenvalue weighted by atomic mass is 35.5. The van der Waals surface area contributed by atoms with Gasteiger partial charge in [-0.2, -0.15) is 0 Å². The molecular formula is C26H22ClN3O3. The maximum atomic E-state index is 13.4. The summed E-state index contributed by atoms with van der Waals surface area (Å²) in [7, 11) is 0. The molecule has 0 aromatic heterocycles. The van der Waals surface area contributed by atoms with Crippen molar-refractivity contribution in [1.82, 2.24) is 5.32 Å². The van der Waals surface area contributed by atoms with Crippen molar-refractivity contribution in [3.63, 3.8) is 0 Å². The van der Waals surface area contributed by atoms with E-state index in [0.29, 0.717) is 16.3 Å². The van der Waals surface area contributed by atoms with Gasteiger partial charge < -0.3 is 4.90 Å². The molecule has 33 heavy (non-hydrogen) atoms. The summed E-state index contributed by atoms with van der Waals surface area (Å²) < 4.78 is 0. The second-order valence-corrected chi connectivity index (χ2v) is 8.66. The molecule has 0 unspecified atom stereocenters. The van der Waals surface area contributed by atoms with Crippen LogP contribution in [-0.4, -0.2) is 30.9 Å². The maximum Gasteiger partial charge on any atom is 0.335 e. The number of benzene rings is 3. The minimum atomic E-state index is -0.790. The number of halogens is 1. The van der Waals surface area contributed by atoms with Gasteiger partial charge in [-0.25, -0.2) is 9.69 Å². The molecule has 5 rings (SSSR count). The van der Waals surface area contributed by atoms with Crippen LogP contribution in [0.5, 0.6) is 0 Å². The second kappa shape index (κ2) is 8.37. The Bertz CT molecular complexity index is 1340. The standard InChI is InChI=1S/C26H22ClN3O3/c1-16-21(27)9-6-10-22(16)30-25(32)20(24(31)28-26(30)33)15-17-11-12-23(29-13-4-5-14-29)19-8-3-2-7-18(17)19/h2-3,6-12,15H,4-5,13-14H2,1H3,(H,28,31,33)/b20-15+. The fourth-order valence-electron chi connectivity index (χ4n) is 4.54. The highest BCUT2D eigenvalue weighted by molar-refractivity contribution is 6.40. The number of barbiturate groups is 1. The Morgan fingerprint density at radius 2 is 1.61 bits per heavy atom. The number of carbonyl (C=O) groups is 3. The number of urea groups is 1. The van der Waals surface area contributed by atoms with Crippen LogP contribution in [-0.2, 0) is 9.59 Å². The molecule has 0 radical (unpaired) electrons. The zero-order valence-corrected chi connectivity index (χ0v) is 18.9. The van der Waals surface area contributed by atoms with E-state index in [4.69, 9.17) is 11.6 Å². The lowest BCUT2D eigenvalue weighted by Gasteiger charge is -2.28. The van der Waals surface area contributed by atoms with Gasteiger partial charge >= 0.3 is 6.03 Å². The Labute approximate surface area is 196 Å². The summed E-state index contributed by atoms with van der Waals surface area (Å²) in [6, 6.07) is 16.1. The molecule has 0 saturated carbocycles. The normalized spacial score (nSPS) is 17.9. The van der Waals surface area contributed by atoms with Crippen molar-refractivity contribution in [2.45, 2.75) is 19.8 Å². The molecule has 7 heteroatoms. The number of amides is 4. The van der Waals surface area contributed by atoms with E-state index in [1.807, 2.05) is 30.3 Å². The summed E-state index contributed by atoms with van der Waals surface area (Å²) in [6.07, 6.45) is 3.90. The number of hydrogen-bond acceptors (Lipinski definition) is 4. The molecule has 2 saturated heterocycles. The number of anilines is 2. The van der Waals surface area contributed by atoms with Crippen molar-refractivity contribution < 1.29 is 14.4 Å². The lowest BCUT2D eigenvalue weighted by molar-refractivity contribution is -0.122. The Hall–Kier alpha value is -3.64. The van der Waals surface area contributed by atoms with Gasteiger partial charge in [0.15, 0.2) is 0 Å². The molecule has 4 amide bonds. The first-order valence-electron chi connectivity index (χ1n) is 10.9. The van der Waals surface area contributed by atoms with Crippen LogP contribution in [0.4, 0.5) is 16.2 Å². The van der Waals surface area contributed by atoms with Crippen molar-refractivity contribution in [2.75, 3.05) is 22.9 Å². The molecule has 1 N–H and O–H groups in total. The van der Waals surface area contributed by atoms with E-state index in [1.54, 1.807) is 31.2 Å². The zero-order chi connectivity index (χ0) is 23.1. The van der Waals surface area contributed by atoms with Gasteiger partial charge in [-0.15, -0.1) is 0 Å². The lowest BCUT2D eigenvalue weighted by Crippen LogP contribution is -2.54. The van der Waals surface area contributed by atoms with Crippen LogP contribution in [0, 0.1) is 6.92 Å². The van der Waals surface area contributed by atoms with Crippen LogP contribution in [0.15, 0.2) is 60.2 Å².